The summed E-state index contributed by atoms with van der Waals surface area (Å²) >= 11 is 5.93. The maximum absolute atomic E-state index is 11.2. The zero-order valence-electron chi connectivity index (χ0n) is 8.95. The van der Waals surface area contributed by atoms with Crippen LogP contribution >= 0.6 is 11.6 Å². The molecule has 0 bridgehead atoms. The minimum atomic E-state index is -0.490. The van der Waals surface area contributed by atoms with Gasteiger partial charge in [-0.05, 0) is 25.1 Å². The van der Waals surface area contributed by atoms with Crippen LogP contribution in [-0.4, -0.2) is 19.1 Å². The highest BCUT2D eigenvalue weighted by atomic mass is 35.5. The van der Waals surface area contributed by atoms with Gasteiger partial charge in [-0.15, -0.1) is 0 Å². The number of nitrogens with one attached hydrogen (secondary N) is 1. The predicted octanol–water partition coefficient (Wildman–Crippen LogP) is 2.19. The number of nitrogens with zero attached hydrogens (tertiary/aromatic N) is 1. The third-order valence-corrected chi connectivity index (χ3v) is 2.34. The van der Waals surface area contributed by atoms with Crippen LogP contribution in [0.5, 0.6) is 0 Å². The van der Waals surface area contributed by atoms with Crippen molar-refractivity contribution in [3.8, 4) is 6.07 Å². The molecule has 0 aliphatic rings. The van der Waals surface area contributed by atoms with Crippen LogP contribution in [0.25, 0.3) is 0 Å². The molecule has 1 aromatic carbocycles. The topological polar surface area (TPSA) is 62.1 Å². The zero-order chi connectivity index (χ0) is 12.1. The van der Waals surface area contributed by atoms with Gasteiger partial charge in [0, 0.05) is 0 Å². The third-order valence-electron chi connectivity index (χ3n) is 2.02. The summed E-state index contributed by atoms with van der Waals surface area (Å²) in [5.74, 6) is -0.375. The molecule has 0 saturated carbocycles. The average molecular weight is 239 g/mol. The Hall–Kier alpha value is -1.73. The highest BCUT2D eigenvalue weighted by Gasteiger charge is 2.13. The van der Waals surface area contributed by atoms with Gasteiger partial charge in [-0.2, -0.15) is 5.26 Å². The normalized spacial score (nSPS) is 11.4. The van der Waals surface area contributed by atoms with Gasteiger partial charge in [-0.25, -0.2) is 4.79 Å². The van der Waals surface area contributed by atoms with Crippen molar-refractivity contribution in [1.29, 1.82) is 5.26 Å². The second-order valence-electron chi connectivity index (χ2n) is 3.20. The molecule has 0 heterocycles. The monoisotopic (exact) mass is 238 g/mol. The first kappa shape index (κ1) is 12.3. The predicted molar refractivity (Wildman–Crippen MR) is 61.3 cm³/mol. The Morgan fingerprint density at radius 3 is 2.81 bits per heavy atom. The summed E-state index contributed by atoms with van der Waals surface area (Å²) in [5, 5.41) is 12.0. The number of carbonyl (C=O) groups is 1. The third kappa shape index (κ3) is 2.88. The minimum Gasteiger partial charge on any atom is -0.467 e. The van der Waals surface area contributed by atoms with E-state index in [1.807, 2.05) is 6.07 Å². The number of halogens is 1. The Labute approximate surface area is 98.8 Å². The second-order valence-corrected chi connectivity index (χ2v) is 3.60. The molecule has 0 aliphatic heterocycles. The van der Waals surface area contributed by atoms with E-state index in [1.54, 1.807) is 19.1 Å². The van der Waals surface area contributed by atoms with Crippen molar-refractivity contribution in [2.24, 2.45) is 0 Å². The van der Waals surface area contributed by atoms with Gasteiger partial charge in [0.1, 0.15) is 6.04 Å². The lowest BCUT2D eigenvalue weighted by atomic mass is 10.2. The molecule has 0 saturated heterocycles. The quantitative estimate of drug-likeness (QED) is 0.820. The van der Waals surface area contributed by atoms with Gasteiger partial charge < -0.3 is 10.1 Å². The number of hydrogen-bond donors (Lipinski definition) is 1. The first-order valence-corrected chi connectivity index (χ1v) is 5.00. The van der Waals surface area contributed by atoms with Gasteiger partial charge in [-0.3, -0.25) is 0 Å². The highest BCUT2D eigenvalue weighted by molar-refractivity contribution is 6.33. The minimum absolute atomic E-state index is 0.375. The van der Waals surface area contributed by atoms with Crippen LogP contribution in [0.2, 0.25) is 5.02 Å². The Morgan fingerprint density at radius 1 is 1.62 bits per heavy atom. The van der Waals surface area contributed by atoms with Crippen molar-refractivity contribution in [2.45, 2.75) is 13.0 Å². The number of ether oxygens (including phenoxy) is 1. The van der Waals surface area contributed by atoms with E-state index >= 15 is 0 Å². The largest absolute Gasteiger partial charge is 0.467 e. The number of hydrogen-bond acceptors (Lipinski definition) is 4. The number of esters is 1. The molecule has 0 amide bonds. The van der Waals surface area contributed by atoms with Gasteiger partial charge in [0.2, 0.25) is 0 Å². The van der Waals surface area contributed by atoms with Gasteiger partial charge in [-0.1, -0.05) is 11.6 Å². The van der Waals surface area contributed by atoms with E-state index in [1.165, 1.54) is 13.2 Å². The zero-order valence-corrected chi connectivity index (χ0v) is 9.71. The van der Waals surface area contributed by atoms with Crippen molar-refractivity contribution in [2.75, 3.05) is 12.4 Å². The second kappa shape index (κ2) is 5.38. The lowest BCUT2D eigenvalue weighted by Crippen LogP contribution is -2.27. The lowest BCUT2D eigenvalue weighted by Gasteiger charge is -2.13. The van der Waals surface area contributed by atoms with E-state index in [9.17, 15) is 4.79 Å². The Kier molecular flexibility index (Phi) is 4.15. The molecule has 0 fully saturated rings. The summed E-state index contributed by atoms with van der Waals surface area (Å²) in [7, 11) is 1.32. The van der Waals surface area contributed by atoms with E-state index in [4.69, 9.17) is 16.9 Å². The van der Waals surface area contributed by atoms with E-state index < -0.39 is 6.04 Å². The molecule has 1 rings (SSSR count). The Balaban J connectivity index is 2.83. The number of benzene rings is 1. The SMILES string of the molecule is COC(=O)C(C)Nc1ccc(C#N)cc1Cl. The van der Waals surface area contributed by atoms with Crippen LogP contribution < -0.4 is 5.32 Å². The molecule has 1 unspecified atom stereocenters. The molecule has 0 aromatic heterocycles. The molecule has 1 aromatic rings. The molecule has 84 valence electrons. The number of methoxy groups -OCH3 is 1. The molecule has 16 heavy (non-hydrogen) atoms. The summed E-state index contributed by atoms with van der Waals surface area (Å²) in [6.45, 7) is 1.67. The maximum Gasteiger partial charge on any atom is 0.327 e. The van der Waals surface area contributed by atoms with Crippen molar-refractivity contribution < 1.29 is 9.53 Å². The standard InChI is InChI=1S/C11H11ClN2O2/c1-7(11(15)16-2)14-10-4-3-8(6-13)5-9(10)12/h3-5,7,14H,1-2H3. The summed E-state index contributed by atoms with van der Waals surface area (Å²) in [6.07, 6.45) is 0. The van der Waals surface area contributed by atoms with Crippen LogP contribution in [0.1, 0.15) is 12.5 Å². The lowest BCUT2D eigenvalue weighted by molar-refractivity contribution is -0.141. The maximum atomic E-state index is 11.2. The van der Waals surface area contributed by atoms with E-state index in [0.717, 1.165) is 0 Å². The Morgan fingerprint density at radius 2 is 2.31 bits per heavy atom. The van der Waals surface area contributed by atoms with Gasteiger partial charge in [0.05, 0.1) is 29.5 Å². The average Bonchev–Trinajstić information content (AvgIpc) is 2.30. The fraction of sp³-hybridized carbons (Fsp3) is 0.273. The summed E-state index contributed by atoms with van der Waals surface area (Å²) in [4.78, 5) is 11.2. The molecule has 0 radical (unpaired) electrons. The van der Waals surface area contributed by atoms with Gasteiger partial charge in [0.15, 0.2) is 0 Å². The first-order valence-electron chi connectivity index (χ1n) is 4.62. The first-order chi connectivity index (χ1) is 7.58. The van der Waals surface area contributed by atoms with E-state index in [2.05, 4.69) is 10.1 Å². The number of anilines is 1. The fourth-order valence-electron chi connectivity index (χ4n) is 1.17. The molecular weight excluding hydrogens is 228 g/mol. The molecular formula is C11H11ClN2O2. The van der Waals surface area contributed by atoms with Crippen LogP contribution in [0.15, 0.2) is 18.2 Å². The van der Waals surface area contributed by atoms with Crippen molar-refractivity contribution in [3.05, 3.63) is 28.8 Å². The smallest absolute Gasteiger partial charge is 0.327 e. The highest BCUT2D eigenvalue weighted by Crippen LogP contribution is 2.23. The number of carbonyl (C=O) groups excluding carboxylic acids is 1. The van der Waals surface area contributed by atoms with Crippen LogP contribution in [-0.2, 0) is 9.53 Å². The summed E-state index contributed by atoms with van der Waals surface area (Å²) < 4.78 is 4.57. The van der Waals surface area contributed by atoms with E-state index in [0.29, 0.717) is 16.3 Å². The van der Waals surface area contributed by atoms with Gasteiger partial charge in [0.25, 0.3) is 0 Å². The molecule has 0 spiro atoms. The summed E-state index contributed by atoms with van der Waals surface area (Å²) in [5.41, 5.74) is 1.07. The van der Waals surface area contributed by atoms with Crippen molar-refractivity contribution >= 4 is 23.3 Å². The fourth-order valence-corrected chi connectivity index (χ4v) is 1.41. The van der Waals surface area contributed by atoms with Crippen LogP contribution in [0.4, 0.5) is 5.69 Å². The Bertz CT molecular complexity index is 440. The molecule has 5 heteroatoms. The van der Waals surface area contributed by atoms with Gasteiger partial charge >= 0.3 is 5.97 Å². The van der Waals surface area contributed by atoms with Crippen molar-refractivity contribution in [3.63, 3.8) is 0 Å². The molecule has 1 N–H and O–H groups in total. The summed E-state index contributed by atoms with van der Waals surface area (Å²) in [6, 6.07) is 6.30. The van der Waals surface area contributed by atoms with Crippen molar-refractivity contribution in [1.82, 2.24) is 0 Å². The molecule has 0 aliphatic carbocycles. The molecule has 4 nitrogen and oxygen atoms in total. The number of nitriles is 1. The van der Waals surface area contributed by atoms with Crippen LogP contribution in [0, 0.1) is 11.3 Å². The van der Waals surface area contributed by atoms with E-state index in [-0.39, 0.29) is 5.97 Å². The van der Waals surface area contributed by atoms with Crippen LogP contribution in [0.3, 0.4) is 0 Å². The number of rotatable bonds is 3. The molecule has 1 atom stereocenters.